The summed E-state index contributed by atoms with van der Waals surface area (Å²) in [4.78, 5) is 21.8. The van der Waals surface area contributed by atoms with Gasteiger partial charge in [-0.25, -0.2) is 9.37 Å². The van der Waals surface area contributed by atoms with E-state index in [1.807, 2.05) is 13.0 Å². The first-order chi connectivity index (χ1) is 12.5. The number of nitriles is 1. The molecule has 0 atom stereocenters. The van der Waals surface area contributed by atoms with Crippen LogP contribution in [0.3, 0.4) is 0 Å². The van der Waals surface area contributed by atoms with E-state index in [9.17, 15) is 9.18 Å². The highest BCUT2D eigenvalue weighted by molar-refractivity contribution is 6.08. The first kappa shape index (κ1) is 17.4. The van der Waals surface area contributed by atoms with Gasteiger partial charge in [0.05, 0.1) is 37.0 Å². The Morgan fingerprint density at radius 3 is 2.92 bits per heavy atom. The second-order valence-electron chi connectivity index (χ2n) is 5.78. The molecule has 7 heteroatoms. The van der Waals surface area contributed by atoms with E-state index in [-0.39, 0.29) is 24.6 Å². The van der Waals surface area contributed by atoms with Crippen LogP contribution in [0.1, 0.15) is 22.3 Å². The number of methoxy groups -OCH3 is 1. The molecular weight excluding hydrogens is 335 g/mol. The van der Waals surface area contributed by atoms with Crippen LogP contribution in [0.5, 0.6) is 5.75 Å². The molecule has 1 heterocycles. The number of fused-ring (bicyclic) bond motifs is 1. The van der Waals surface area contributed by atoms with Crippen LogP contribution in [0.15, 0.2) is 36.7 Å². The van der Waals surface area contributed by atoms with Gasteiger partial charge in [0.25, 0.3) is 5.91 Å². The maximum absolute atomic E-state index is 13.7. The first-order valence-electron chi connectivity index (χ1n) is 8.01. The van der Waals surface area contributed by atoms with Gasteiger partial charge in [0.1, 0.15) is 0 Å². The SMILES string of the molecule is COc1cc(N(CCC#N)C(=O)c2cc(C)c3nc[nH]c3c2)ccc1F. The number of hydrogen-bond acceptors (Lipinski definition) is 4. The Morgan fingerprint density at radius 1 is 1.38 bits per heavy atom. The predicted molar refractivity (Wildman–Crippen MR) is 95.7 cm³/mol. The number of carbonyl (C=O) groups excluding carboxylic acids is 1. The van der Waals surface area contributed by atoms with Crippen molar-refractivity contribution < 1.29 is 13.9 Å². The van der Waals surface area contributed by atoms with E-state index in [0.717, 1.165) is 16.6 Å². The van der Waals surface area contributed by atoms with Gasteiger partial charge in [-0.15, -0.1) is 0 Å². The fourth-order valence-corrected chi connectivity index (χ4v) is 2.83. The van der Waals surface area contributed by atoms with Crippen molar-refractivity contribution in [1.82, 2.24) is 9.97 Å². The number of anilines is 1. The molecule has 1 N–H and O–H groups in total. The molecule has 3 rings (SSSR count). The lowest BCUT2D eigenvalue weighted by atomic mass is 10.1. The van der Waals surface area contributed by atoms with Gasteiger partial charge in [0.2, 0.25) is 0 Å². The van der Waals surface area contributed by atoms with Gasteiger partial charge in [0.15, 0.2) is 11.6 Å². The second kappa shape index (κ2) is 7.23. The Morgan fingerprint density at radius 2 is 2.19 bits per heavy atom. The molecule has 0 saturated carbocycles. The van der Waals surface area contributed by atoms with E-state index in [2.05, 4.69) is 9.97 Å². The monoisotopic (exact) mass is 352 g/mol. The molecule has 0 saturated heterocycles. The second-order valence-corrected chi connectivity index (χ2v) is 5.78. The number of rotatable bonds is 5. The fourth-order valence-electron chi connectivity index (χ4n) is 2.83. The summed E-state index contributed by atoms with van der Waals surface area (Å²) in [6.45, 7) is 2.06. The number of amides is 1. The first-order valence-corrected chi connectivity index (χ1v) is 8.01. The number of carbonyl (C=O) groups is 1. The molecule has 0 aliphatic heterocycles. The minimum absolute atomic E-state index is 0.0393. The molecule has 1 aromatic heterocycles. The lowest BCUT2D eigenvalue weighted by molar-refractivity contribution is 0.0987. The lowest BCUT2D eigenvalue weighted by Crippen LogP contribution is -2.32. The Kier molecular flexibility index (Phi) is 4.85. The quantitative estimate of drug-likeness (QED) is 0.761. The van der Waals surface area contributed by atoms with E-state index in [0.29, 0.717) is 11.3 Å². The van der Waals surface area contributed by atoms with Crippen molar-refractivity contribution >= 4 is 22.6 Å². The molecule has 0 aliphatic carbocycles. The summed E-state index contributed by atoms with van der Waals surface area (Å²) in [6, 6.07) is 9.70. The number of halogens is 1. The van der Waals surface area contributed by atoms with Crippen LogP contribution in [0.4, 0.5) is 10.1 Å². The van der Waals surface area contributed by atoms with Gasteiger partial charge < -0.3 is 14.6 Å². The van der Waals surface area contributed by atoms with Crippen LogP contribution in [0.25, 0.3) is 11.0 Å². The summed E-state index contributed by atoms with van der Waals surface area (Å²) in [5.74, 6) is -0.760. The number of ether oxygens (including phenoxy) is 1. The van der Waals surface area contributed by atoms with Gasteiger partial charge in [-0.3, -0.25) is 4.79 Å². The Labute approximate surface area is 149 Å². The van der Waals surface area contributed by atoms with E-state index in [1.165, 1.54) is 30.2 Å². The van der Waals surface area contributed by atoms with E-state index in [4.69, 9.17) is 10.00 Å². The predicted octanol–water partition coefficient (Wildman–Crippen LogP) is 3.58. The lowest BCUT2D eigenvalue weighted by Gasteiger charge is -2.23. The molecule has 6 nitrogen and oxygen atoms in total. The zero-order valence-corrected chi connectivity index (χ0v) is 14.4. The van der Waals surface area contributed by atoms with E-state index >= 15 is 0 Å². The molecule has 0 fully saturated rings. The highest BCUT2D eigenvalue weighted by Gasteiger charge is 2.20. The zero-order valence-electron chi connectivity index (χ0n) is 14.4. The highest BCUT2D eigenvalue weighted by Crippen LogP contribution is 2.27. The zero-order chi connectivity index (χ0) is 18.7. The van der Waals surface area contributed by atoms with Crippen LogP contribution >= 0.6 is 0 Å². The summed E-state index contributed by atoms with van der Waals surface area (Å²) in [5, 5.41) is 8.93. The number of nitrogens with one attached hydrogen (secondary N) is 1. The average molecular weight is 352 g/mol. The van der Waals surface area contributed by atoms with Gasteiger partial charge in [-0.05, 0) is 36.8 Å². The third-order valence-electron chi connectivity index (χ3n) is 4.10. The number of aromatic nitrogens is 2. The van der Waals surface area contributed by atoms with Crippen molar-refractivity contribution in [2.75, 3.05) is 18.6 Å². The Balaban J connectivity index is 2.03. The van der Waals surface area contributed by atoms with Gasteiger partial charge in [0, 0.05) is 23.9 Å². The normalized spacial score (nSPS) is 10.5. The largest absolute Gasteiger partial charge is 0.494 e. The molecule has 3 aromatic rings. The number of nitrogens with zero attached hydrogens (tertiary/aromatic N) is 3. The van der Waals surface area contributed by atoms with Crippen LogP contribution in [0, 0.1) is 24.1 Å². The smallest absolute Gasteiger partial charge is 0.258 e. The number of imidazole rings is 1. The molecule has 2 aromatic carbocycles. The third-order valence-corrected chi connectivity index (χ3v) is 4.10. The van der Waals surface area contributed by atoms with Crippen molar-refractivity contribution in [2.45, 2.75) is 13.3 Å². The summed E-state index contributed by atoms with van der Waals surface area (Å²) in [5.41, 5.74) is 3.34. The number of aromatic amines is 1. The summed E-state index contributed by atoms with van der Waals surface area (Å²) >= 11 is 0. The molecule has 0 bridgehead atoms. The van der Waals surface area contributed by atoms with Crippen molar-refractivity contribution in [3.63, 3.8) is 0 Å². The minimum Gasteiger partial charge on any atom is -0.494 e. The van der Waals surface area contributed by atoms with Crippen molar-refractivity contribution in [1.29, 1.82) is 5.26 Å². The minimum atomic E-state index is -0.515. The molecule has 0 aliphatic rings. The number of hydrogen-bond donors (Lipinski definition) is 1. The summed E-state index contributed by atoms with van der Waals surface area (Å²) < 4.78 is 18.7. The Hall–Kier alpha value is -3.40. The molecule has 0 radical (unpaired) electrons. The van der Waals surface area contributed by atoms with Crippen molar-refractivity contribution in [3.05, 3.63) is 53.6 Å². The fraction of sp³-hybridized carbons (Fsp3) is 0.211. The topological polar surface area (TPSA) is 82.0 Å². The number of H-pyrrole nitrogens is 1. The van der Waals surface area contributed by atoms with Crippen LogP contribution in [-0.2, 0) is 0 Å². The summed E-state index contributed by atoms with van der Waals surface area (Å²) in [7, 11) is 1.36. The average Bonchev–Trinajstić information content (AvgIpc) is 3.12. The molecule has 26 heavy (non-hydrogen) atoms. The van der Waals surface area contributed by atoms with Crippen LogP contribution in [-0.4, -0.2) is 29.5 Å². The maximum atomic E-state index is 13.7. The number of aryl methyl sites for hydroxylation is 1. The standard InChI is InChI=1S/C19H17FN4O2/c1-12-8-13(9-16-18(12)23-11-22-16)19(25)24(7-3-6-21)14-4-5-15(20)17(10-14)26-2/h4-5,8-11H,3,7H2,1-2H3,(H,22,23). The van der Waals surface area contributed by atoms with E-state index in [1.54, 1.807) is 18.5 Å². The van der Waals surface area contributed by atoms with E-state index < -0.39 is 5.82 Å². The van der Waals surface area contributed by atoms with Gasteiger partial charge in [-0.2, -0.15) is 5.26 Å². The van der Waals surface area contributed by atoms with Gasteiger partial charge in [-0.1, -0.05) is 0 Å². The van der Waals surface area contributed by atoms with Crippen LogP contribution in [0.2, 0.25) is 0 Å². The maximum Gasteiger partial charge on any atom is 0.258 e. The molecular formula is C19H17FN4O2. The van der Waals surface area contributed by atoms with Crippen molar-refractivity contribution in [2.24, 2.45) is 0 Å². The molecule has 132 valence electrons. The highest BCUT2D eigenvalue weighted by atomic mass is 19.1. The number of benzene rings is 2. The third kappa shape index (κ3) is 3.22. The molecule has 0 unspecified atom stereocenters. The molecule has 1 amide bonds. The van der Waals surface area contributed by atoms with Crippen LogP contribution < -0.4 is 9.64 Å². The van der Waals surface area contributed by atoms with Crippen molar-refractivity contribution in [3.8, 4) is 11.8 Å². The van der Waals surface area contributed by atoms with Gasteiger partial charge >= 0.3 is 0 Å². The summed E-state index contributed by atoms with van der Waals surface area (Å²) in [6.07, 6.45) is 1.72. The molecule has 0 spiro atoms. The Bertz CT molecular complexity index is 1010.